The lowest BCUT2D eigenvalue weighted by Gasteiger charge is -2.36. The van der Waals surface area contributed by atoms with Crippen molar-refractivity contribution in [2.75, 3.05) is 0 Å². The van der Waals surface area contributed by atoms with Crippen LogP contribution in [0.1, 0.15) is 65.5 Å². The highest BCUT2D eigenvalue weighted by molar-refractivity contribution is 6.35. The van der Waals surface area contributed by atoms with E-state index >= 15 is 0 Å². The van der Waals surface area contributed by atoms with Crippen molar-refractivity contribution in [3.05, 3.63) is 67.6 Å². The summed E-state index contributed by atoms with van der Waals surface area (Å²) in [4.78, 5) is 26.2. The summed E-state index contributed by atoms with van der Waals surface area (Å²) in [7, 11) is 0. The van der Waals surface area contributed by atoms with Gasteiger partial charge in [0.15, 0.2) is 0 Å². The SMILES string of the molecule is CC(N)CC(OC(=O)C(=O)OC(CC(C)N)C(C)(C)Cc1cc(Cl)cc(Cl)c1)C(C)(C)Cc1cc(Cl)cc(Cl)c1. The van der Waals surface area contributed by atoms with Gasteiger partial charge in [0, 0.05) is 43.0 Å². The maximum absolute atomic E-state index is 13.1. The lowest BCUT2D eigenvalue weighted by molar-refractivity contribution is -0.181. The maximum atomic E-state index is 13.1. The highest BCUT2D eigenvalue weighted by atomic mass is 35.5. The van der Waals surface area contributed by atoms with Crippen molar-refractivity contribution in [1.29, 1.82) is 0 Å². The molecule has 0 spiro atoms. The Kier molecular flexibility index (Phi) is 12.6. The van der Waals surface area contributed by atoms with Gasteiger partial charge in [-0.05, 0) is 87.1 Å². The Hall–Kier alpha value is -1.54. The number of benzene rings is 2. The predicted octanol–water partition coefficient (Wildman–Crippen LogP) is 7.44. The van der Waals surface area contributed by atoms with Gasteiger partial charge in [0.2, 0.25) is 0 Å². The molecule has 4 atom stereocenters. The number of halogens is 4. The molecular formula is C30H40Cl4N2O4. The van der Waals surface area contributed by atoms with Crippen molar-refractivity contribution in [2.24, 2.45) is 22.3 Å². The number of carbonyl (C=O) groups excluding carboxylic acids is 2. The summed E-state index contributed by atoms with van der Waals surface area (Å²) in [6, 6.07) is 9.95. The van der Waals surface area contributed by atoms with Gasteiger partial charge in [-0.1, -0.05) is 74.1 Å². The van der Waals surface area contributed by atoms with E-state index in [1.807, 2.05) is 65.8 Å². The van der Waals surface area contributed by atoms with E-state index in [-0.39, 0.29) is 12.1 Å². The van der Waals surface area contributed by atoms with Gasteiger partial charge in [0.05, 0.1) is 0 Å². The maximum Gasteiger partial charge on any atom is 0.417 e. The van der Waals surface area contributed by atoms with E-state index in [0.29, 0.717) is 45.8 Å². The molecule has 10 heteroatoms. The molecule has 0 aliphatic rings. The lowest BCUT2D eigenvalue weighted by Crippen LogP contribution is -2.44. The summed E-state index contributed by atoms with van der Waals surface area (Å²) in [5.41, 5.74) is 12.7. The van der Waals surface area contributed by atoms with E-state index in [4.69, 9.17) is 67.3 Å². The number of hydrogen-bond acceptors (Lipinski definition) is 6. The molecule has 2 aromatic rings. The molecule has 0 heterocycles. The molecule has 0 aliphatic heterocycles. The van der Waals surface area contributed by atoms with Crippen LogP contribution in [0.4, 0.5) is 0 Å². The monoisotopic (exact) mass is 632 g/mol. The summed E-state index contributed by atoms with van der Waals surface area (Å²) in [6.45, 7) is 11.4. The Morgan fingerprint density at radius 1 is 0.650 bits per heavy atom. The predicted molar refractivity (Wildman–Crippen MR) is 164 cm³/mol. The zero-order chi connectivity index (χ0) is 30.4. The van der Waals surface area contributed by atoms with Crippen LogP contribution in [-0.2, 0) is 31.9 Å². The largest absolute Gasteiger partial charge is 0.453 e. The van der Waals surface area contributed by atoms with Crippen molar-refractivity contribution in [3.8, 4) is 0 Å². The fourth-order valence-electron chi connectivity index (χ4n) is 4.79. The van der Waals surface area contributed by atoms with Crippen LogP contribution in [0.2, 0.25) is 20.1 Å². The normalized spacial score (nSPS) is 15.2. The molecule has 0 saturated heterocycles. The van der Waals surface area contributed by atoms with Crippen LogP contribution in [0.5, 0.6) is 0 Å². The van der Waals surface area contributed by atoms with Crippen LogP contribution in [0.15, 0.2) is 36.4 Å². The van der Waals surface area contributed by atoms with Crippen molar-refractivity contribution < 1.29 is 19.1 Å². The molecule has 0 fully saturated rings. The van der Waals surface area contributed by atoms with Crippen molar-refractivity contribution >= 4 is 58.3 Å². The molecule has 0 aliphatic carbocycles. The van der Waals surface area contributed by atoms with Gasteiger partial charge >= 0.3 is 11.9 Å². The number of hydrogen-bond donors (Lipinski definition) is 2. The van der Waals surface area contributed by atoms with E-state index in [2.05, 4.69) is 0 Å². The zero-order valence-corrected chi connectivity index (χ0v) is 26.9. The zero-order valence-electron chi connectivity index (χ0n) is 23.9. The van der Waals surface area contributed by atoms with Gasteiger partial charge in [-0.3, -0.25) is 0 Å². The highest BCUT2D eigenvalue weighted by Crippen LogP contribution is 2.35. The van der Waals surface area contributed by atoms with Gasteiger partial charge in [-0.15, -0.1) is 0 Å². The fourth-order valence-corrected chi connectivity index (χ4v) is 5.93. The third kappa shape index (κ3) is 11.0. The summed E-state index contributed by atoms with van der Waals surface area (Å²) in [5, 5.41) is 2.02. The molecule has 0 aromatic heterocycles. The third-order valence-corrected chi connectivity index (χ3v) is 7.62. The van der Waals surface area contributed by atoms with Crippen LogP contribution >= 0.6 is 46.4 Å². The highest BCUT2D eigenvalue weighted by Gasteiger charge is 2.39. The van der Waals surface area contributed by atoms with E-state index in [0.717, 1.165) is 11.1 Å². The minimum absolute atomic E-state index is 0.287. The van der Waals surface area contributed by atoms with E-state index in [9.17, 15) is 9.59 Å². The molecule has 40 heavy (non-hydrogen) atoms. The Bertz CT molecular complexity index is 1050. The van der Waals surface area contributed by atoms with Crippen LogP contribution < -0.4 is 11.5 Å². The van der Waals surface area contributed by atoms with Crippen LogP contribution in [0.3, 0.4) is 0 Å². The summed E-state index contributed by atoms with van der Waals surface area (Å²) in [6.07, 6.45) is 0.276. The molecule has 0 amide bonds. The van der Waals surface area contributed by atoms with Gasteiger partial charge in [0.25, 0.3) is 0 Å². The lowest BCUT2D eigenvalue weighted by atomic mass is 9.78. The number of carbonyl (C=O) groups is 2. The number of nitrogens with two attached hydrogens (primary N) is 2. The summed E-state index contributed by atoms with van der Waals surface area (Å²) in [5.74, 6) is -2.17. The van der Waals surface area contributed by atoms with Crippen LogP contribution in [0.25, 0.3) is 0 Å². The third-order valence-electron chi connectivity index (χ3n) is 6.74. The Morgan fingerprint density at radius 3 is 1.18 bits per heavy atom. The first-order valence-electron chi connectivity index (χ1n) is 13.2. The van der Waals surface area contributed by atoms with Gasteiger partial charge < -0.3 is 20.9 Å². The Morgan fingerprint density at radius 2 is 0.925 bits per heavy atom. The number of ether oxygens (including phenoxy) is 2. The van der Waals surface area contributed by atoms with Crippen LogP contribution in [-0.4, -0.2) is 36.2 Å². The van der Waals surface area contributed by atoms with Crippen molar-refractivity contribution in [1.82, 2.24) is 0 Å². The molecule has 0 bridgehead atoms. The minimum Gasteiger partial charge on any atom is -0.453 e. The summed E-state index contributed by atoms with van der Waals surface area (Å²) >= 11 is 24.7. The second-order valence-electron chi connectivity index (χ2n) is 12.1. The average Bonchev–Trinajstić information content (AvgIpc) is 2.75. The Balaban J connectivity index is 2.22. The second-order valence-corrected chi connectivity index (χ2v) is 13.8. The first kappa shape index (κ1) is 34.7. The fraction of sp³-hybridized carbons (Fsp3) is 0.533. The molecule has 4 N–H and O–H groups in total. The molecule has 2 aromatic carbocycles. The molecular weight excluding hydrogens is 594 g/mol. The quantitative estimate of drug-likeness (QED) is 0.186. The topological polar surface area (TPSA) is 105 Å². The van der Waals surface area contributed by atoms with E-state index in [1.165, 1.54) is 0 Å². The van der Waals surface area contributed by atoms with Gasteiger partial charge in [0.1, 0.15) is 12.2 Å². The smallest absolute Gasteiger partial charge is 0.417 e. The van der Waals surface area contributed by atoms with Gasteiger partial charge in [-0.25, -0.2) is 9.59 Å². The number of rotatable bonds is 12. The molecule has 4 unspecified atom stereocenters. The van der Waals surface area contributed by atoms with E-state index < -0.39 is 35.0 Å². The standard InChI is InChI=1S/C30H40Cl4N2O4/c1-17(35)7-25(29(3,4)15-19-9-21(31)13-22(32)10-19)39-27(37)28(38)40-26(8-18(2)36)30(5,6)16-20-11-23(33)14-24(34)12-20/h9-14,17-18,25-26H,7-8,15-16,35-36H2,1-6H3. The van der Waals surface area contributed by atoms with Crippen molar-refractivity contribution in [2.45, 2.75) is 91.5 Å². The summed E-state index contributed by atoms with van der Waals surface area (Å²) < 4.78 is 11.5. The molecule has 222 valence electrons. The first-order valence-corrected chi connectivity index (χ1v) is 14.7. The average molecular weight is 634 g/mol. The first-order chi connectivity index (χ1) is 18.4. The molecule has 6 nitrogen and oxygen atoms in total. The second kappa shape index (κ2) is 14.6. The van der Waals surface area contributed by atoms with Crippen LogP contribution in [0, 0.1) is 10.8 Å². The molecule has 0 radical (unpaired) electrons. The van der Waals surface area contributed by atoms with E-state index in [1.54, 1.807) is 12.1 Å². The Labute approximate surface area is 258 Å². The molecule has 0 saturated carbocycles. The van der Waals surface area contributed by atoms with Crippen molar-refractivity contribution in [3.63, 3.8) is 0 Å². The minimum atomic E-state index is -1.08. The van der Waals surface area contributed by atoms with Gasteiger partial charge in [-0.2, -0.15) is 0 Å². The number of esters is 2. The molecule has 2 rings (SSSR count).